The Morgan fingerprint density at radius 3 is 2.67 bits per heavy atom. The molecule has 1 atom stereocenters. The Morgan fingerprint density at radius 2 is 1.96 bits per heavy atom. The minimum atomic E-state index is -1.01. The first-order chi connectivity index (χ1) is 22.2. The van der Waals surface area contributed by atoms with Gasteiger partial charge in [-0.3, -0.25) is 19.2 Å². The zero-order valence-electron chi connectivity index (χ0n) is 25.9. The van der Waals surface area contributed by atoms with Crippen LogP contribution in [0.4, 0.5) is 0 Å². The monoisotopic (exact) mass is 774 g/mol. The summed E-state index contributed by atoms with van der Waals surface area (Å²) < 4.78 is 15.5. The highest BCUT2D eigenvalue weighted by Gasteiger charge is 2.52. The van der Waals surface area contributed by atoms with Gasteiger partial charge in [0.25, 0.3) is 5.56 Å². The van der Waals surface area contributed by atoms with Gasteiger partial charge in [0.1, 0.15) is 18.2 Å². The lowest BCUT2D eigenvalue weighted by Gasteiger charge is -2.41. The molecule has 1 saturated carbocycles. The third kappa shape index (κ3) is 5.98. The van der Waals surface area contributed by atoms with E-state index in [9.17, 15) is 14.7 Å². The Bertz CT molecular complexity index is 1880. The van der Waals surface area contributed by atoms with Crippen molar-refractivity contribution < 1.29 is 19.4 Å². The fourth-order valence-electron chi connectivity index (χ4n) is 7.36. The molecule has 1 aromatic carbocycles. The number of hydrogen-bond donors (Lipinski definition) is 1. The Morgan fingerprint density at radius 1 is 1.17 bits per heavy atom. The van der Waals surface area contributed by atoms with Gasteiger partial charge in [0, 0.05) is 57.3 Å². The van der Waals surface area contributed by atoms with E-state index in [-0.39, 0.29) is 23.1 Å². The molecule has 46 heavy (non-hydrogen) atoms. The minimum absolute atomic E-state index is 0.0435. The van der Waals surface area contributed by atoms with Crippen molar-refractivity contribution in [3.63, 3.8) is 0 Å². The smallest absolute Gasteiger partial charge is 0.338 e. The number of carbonyl (C=O) groups is 1. The number of aromatic nitrogens is 3. The topological polar surface area (TPSA) is 107 Å². The van der Waals surface area contributed by atoms with Crippen LogP contribution in [-0.2, 0) is 23.1 Å². The molecule has 2 aliphatic carbocycles. The number of hydrogen-bond acceptors (Lipinski definition) is 8. The number of likely N-dealkylation sites (tertiary alicyclic amines) is 1. The van der Waals surface area contributed by atoms with Crippen LogP contribution in [0.5, 0.6) is 5.75 Å². The molecule has 9 nitrogen and oxygen atoms in total. The van der Waals surface area contributed by atoms with E-state index >= 15 is 0 Å². The number of fused-ring (bicyclic) bond motifs is 3. The van der Waals surface area contributed by atoms with E-state index in [1.54, 1.807) is 16.0 Å². The van der Waals surface area contributed by atoms with Gasteiger partial charge < -0.3 is 14.6 Å². The molecule has 242 valence electrons. The van der Waals surface area contributed by atoms with Crippen molar-refractivity contribution >= 4 is 61.7 Å². The van der Waals surface area contributed by atoms with E-state index in [1.165, 1.54) is 11.3 Å². The Labute approximate surface area is 290 Å². The molecule has 12 heteroatoms. The number of piperidine rings is 1. The number of nitrogens with zero attached hydrogens (tertiary/aromatic N) is 4. The molecule has 2 fully saturated rings. The number of aromatic carboxylic acids is 1. The predicted molar refractivity (Wildman–Crippen MR) is 188 cm³/mol. The molecular formula is C34H36ClIN4O5S. The number of carboxylic acid groups (broad SMARTS) is 1. The Kier molecular flexibility index (Phi) is 8.90. The van der Waals surface area contributed by atoms with Crippen molar-refractivity contribution in [1.82, 2.24) is 19.4 Å². The van der Waals surface area contributed by atoms with Crippen LogP contribution in [0.1, 0.15) is 65.2 Å². The van der Waals surface area contributed by atoms with E-state index in [2.05, 4.69) is 32.5 Å². The highest BCUT2D eigenvalue weighted by Crippen LogP contribution is 2.55. The summed E-state index contributed by atoms with van der Waals surface area (Å²) in [4.78, 5) is 38.1. The van der Waals surface area contributed by atoms with Gasteiger partial charge in [0.2, 0.25) is 0 Å². The van der Waals surface area contributed by atoms with Gasteiger partial charge in [-0.1, -0.05) is 34.2 Å². The van der Waals surface area contributed by atoms with Crippen LogP contribution >= 0.6 is 45.5 Å². The maximum absolute atomic E-state index is 14.1. The van der Waals surface area contributed by atoms with Gasteiger partial charge in [0.05, 0.1) is 38.7 Å². The van der Waals surface area contributed by atoms with E-state index < -0.39 is 5.97 Å². The standard InChI is InChI=1S/C34H36ClIN4O5S/c1-19-13-25(30-29(37-19)27(17-46-30)33(42)43)24-14-21(35)3-4-28(24)44-12-11-40-20(2)38-31-26(32(40)41)15-22(16-34(31)7-8-34)39-9-5-23(6-10-39)45-18-36/h3-4,13-14,17,22-23H,5-12,15-16,18H2,1-2H3,(H,42,43). The van der Waals surface area contributed by atoms with E-state index in [0.29, 0.717) is 40.7 Å². The fourth-order valence-corrected chi connectivity index (χ4v) is 9.05. The molecule has 1 aliphatic heterocycles. The molecule has 0 bridgehead atoms. The molecule has 4 heterocycles. The van der Waals surface area contributed by atoms with Crippen molar-refractivity contribution in [2.45, 2.75) is 76.5 Å². The maximum atomic E-state index is 14.1. The van der Waals surface area contributed by atoms with Gasteiger partial charge in [-0.2, -0.15) is 0 Å². The summed E-state index contributed by atoms with van der Waals surface area (Å²) >= 11 is 10.1. The zero-order valence-corrected chi connectivity index (χ0v) is 29.6. The summed E-state index contributed by atoms with van der Waals surface area (Å²) in [5, 5.41) is 11.8. The number of ether oxygens (including phenoxy) is 2. The first kappa shape index (κ1) is 32.0. The molecule has 0 radical (unpaired) electrons. The molecule has 1 unspecified atom stereocenters. The molecule has 3 aromatic heterocycles. The largest absolute Gasteiger partial charge is 0.491 e. The zero-order chi connectivity index (χ0) is 32.2. The average molecular weight is 775 g/mol. The highest BCUT2D eigenvalue weighted by molar-refractivity contribution is 14.1. The second-order valence-corrected chi connectivity index (χ2v) is 14.7. The number of pyridine rings is 1. The third-order valence-electron chi connectivity index (χ3n) is 9.85. The summed E-state index contributed by atoms with van der Waals surface area (Å²) in [6.45, 7) is 6.39. The number of aryl methyl sites for hydroxylation is 2. The van der Waals surface area contributed by atoms with Crippen LogP contribution in [0.15, 0.2) is 34.4 Å². The van der Waals surface area contributed by atoms with Crippen molar-refractivity contribution in [2.24, 2.45) is 0 Å². The number of halogens is 2. The molecular weight excluding hydrogens is 739 g/mol. The Hall–Kier alpha value is -2.58. The average Bonchev–Trinajstić information content (AvgIpc) is 3.66. The van der Waals surface area contributed by atoms with Crippen molar-refractivity contribution in [2.75, 3.05) is 24.3 Å². The summed E-state index contributed by atoms with van der Waals surface area (Å²) in [5.74, 6) is 0.309. The van der Waals surface area contributed by atoms with Gasteiger partial charge in [-0.15, -0.1) is 11.3 Å². The van der Waals surface area contributed by atoms with Crippen molar-refractivity contribution in [1.29, 1.82) is 0 Å². The first-order valence-electron chi connectivity index (χ1n) is 15.7. The van der Waals surface area contributed by atoms with Crippen molar-refractivity contribution in [3.8, 4) is 16.9 Å². The van der Waals surface area contributed by atoms with Gasteiger partial charge >= 0.3 is 5.97 Å². The maximum Gasteiger partial charge on any atom is 0.338 e. The molecule has 4 aromatic rings. The second-order valence-electron chi connectivity index (χ2n) is 12.7. The number of benzene rings is 1. The van der Waals surface area contributed by atoms with E-state index in [4.69, 9.17) is 26.1 Å². The molecule has 1 saturated heterocycles. The number of thiophene rings is 1. The number of carboxylic acids is 1. The number of rotatable bonds is 9. The van der Waals surface area contributed by atoms with Crippen LogP contribution in [0.3, 0.4) is 0 Å². The van der Waals surface area contributed by atoms with Gasteiger partial charge in [-0.25, -0.2) is 9.78 Å². The van der Waals surface area contributed by atoms with Crippen LogP contribution < -0.4 is 10.3 Å². The normalized spacial score (nSPS) is 19.4. The fraction of sp³-hybridized carbons (Fsp3) is 0.471. The molecule has 3 aliphatic rings. The Balaban J connectivity index is 1.13. The summed E-state index contributed by atoms with van der Waals surface area (Å²) in [6.07, 6.45) is 6.43. The third-order valence-corrected chi connectivity index (χ3v) is 11.4. The lowest BCUT2D eigenvalue weighted by atomic mass is 9.80. The van der Waals surface area contributed by atoms with Gasteiger partial charge in [-0.05, 0) is 76.6 Å². The lowest BCUT2D eigenvalue weighted by molar-refractivity contribution is 0.0193. The SMILES string of the molecule is Cc1cc(-c2cc(Cl)ccc2OCCn2c(C)nc3c(c2=O)CC(N2CCC(OCI)CC2)CC32CC2)c2scc(C(=O)O)c2n1. The second kappa shape index (κ2) is 12.8. The van der Waals surface area contributed by atoms with E-state index in [0.717, 1.165) is 89.1 Å². The molecule has 1 spiro atoms. The molecule has 1 N–H and O–H groups in total. The van der Waals surface area contributed by atoms with Gasteiger partial charge in [0.15, 0.2) is 0 Å². The van der Waals surface area contributed by atoms with Crippen LogP contribution in [0, 0.1) is 13.8 Å². The van der Waals surface area contributed by atoms with E-state index in [1.807, 2.05) is 32.0 Å². The quantitative estimate of drug-likeness (QED) is 0.147. The lowest BCUT2D eigenvalue weighted by Crippen LogP contribution is -2.49. The molecule has 7 rings (SSSR count). The van der Waals surface area contributed by atoms with Crippen LogP contribution in [0.25, 0.3) is 21.3 Å². The predicted octanol–water partition coefficient (Wildman–Crippen LogP) is 6.79. The summed E-state index contributed by atoms with van der Waals surface area (Å²) in [7, 11) is 0. The summed E-state index contributed by atoms with van der Waals surface area (Å²) in [6, 6.07) is 7.70. The van der Waals surface area contributed by atoms with Crippen LogP contribution in [0.2, 0.25) is 5.02 Å². The molecule has 0 amide bonds. The summed E-state index contributed by atoms with van der Waals surface area (Å²) in [5.41, 5.74) is 4.88. The number of alkyl halides is 1. The minimum Gasteiger partial charge on any atom is -0.491 e. The first-order valence-corrected chi connectivity index (χ1v) is 18.5. The van der Waals surface area contributed by atoms with Crippen LogP contribution in [-0.4, -0.2) is 67.0 Å². The van der Waals surface area contributed by atoms with Crippen molar-refractivity contribution in [3.05, 3.63) is 73.4 Å². The highest BCUT2D eigenvalue weighted by atomic mass is 127.